The van der Waals surface area contributed by atoms with E-state index in [0.29, 0.717) is 25.7 Å². The molecule has 0 saturated carbocycles. The number of esters is 4. The summed E-state index contributed by atoms with van der Waals surface area (Å²) in [5.74, 6) is -0.572. The van der Waals surface area contributed by atoms with Gasteiger partial charge in [-0.2, -0.15) is 0 Å². The fourth-order valence-corrected chi connectivity index (χ4v) is 15.5. The molecular weight excluding hydrogens is 1400 g/mol. The van der Waals surface area contributed by atoms with Gasteiger partial charge in [-0.1, -0.05) is 427 Å². The average molecular weight is 1580 g/mol. The largest absolute Gasteiger partial charge is 0.472 e. The van der Waals surface area contributed by atoms with Crippen molar-refractivity contribution < 1.29 is 80.2 Å². The van der Waals surface area contributed by atoms with Crippen molar-refractivity contribution in [2.45, 2.75) is 496 Å². The summed E-state index contributed by atoms with van der Waals surface area (Å²) < 4.78 is 69.0. The van der Waals surface area contributed by atoms with Gasteiger partial charge in [0.15, 0.2) is 12.2 Å². The Morgan fingerprint density at radius 2 is 0.472 bits per heavy atom. The smallest absolute Gasteiger partial charge is 0.462 e. The van der Waals surface area contributed by atoms with Crippen LogP contribution in [0.15, 0.2) is 0 Å². The average Bonchev–Trinajstić information content (AvgIpc) is 0.900. The van der Waals surface area contributed by atoms with Crippen LogP contribution in [-0.4, -0.2) is 96.7 Å². The highest BCUT2D eigenvalue weighted by molar-refractivity contribution is 7.47. The van der Waals surface area contributed by atoms with E-state index in [1.54, 1.807) is 0 Å². The molecule has 0 aliphatic carbocycles. The topological polar surface area (TPSA) is 237 Å². The molecule has 0 aromatic carbocycles. The Bertz CT molecular complexity index is 2070. The zero-order chi connectivity index (χ0) is 79.2. The first-order valence-corrected chi connectivity index (χ1v) is 49.0. The highest BCUT2D eigenvalue weighted by Crippen LogP contribution is 2.45. The number of phosphoric ester groups is 2. The van der Waals surface area contributed by atoms with Gasteiger partial charge in [0.2, 0.25) is 0 Å². The second-order valence-corrected chi connectivity index (χ2v) is 35.6. The van der Waals surface area contributed by atoms with E-state index in [9.17, 15) is 43.2 Å². The molecule has 642 valence electrons. The molecule has 0 aliphatic rings. The zero-order valence-corrected chi connectivity index (χ0v) is 73.0. The number of ether oxygens (including phenoxy) is 4. The molecular formula is C89H174O17P2. The molecule has 0 spiro atoms. The molecule has 3 unspecified atom stereocenters. The van der Waals surface area contributed by atoms with Gasteiger partial charge in [-0.05, 0) is 37.5 Å². The third-order valence-electron chi connectivity index (χ3n) is 21.3. The number of carbonyl (C=O) groups excluding carboxylic acids is 4. The van der Waals surface area contributed by atoms with Crippen LogP contribution in [0.2, 0.25) is 0 Å². The van der Waals surface area contributed by atoms with E-state index < -0.39 is 97.5 Å². The van der Waals surface area contributed by atoms with E-state index >= 15 is 0 Å². The van der Waals surface area contributed by atoms with Gasteiger partial charge in [0, 0.05) is 25.7 Å². The lowest BCUT2D eigenvalue weighted by Gasteiger charge is -2.21. The Morgan fingerprint density at radius 3 is 0.704 bits per heavy atom. The van der Waals surface area contributed by atoms with Gasteiger partial charge in [-0.25, -0.2) is 9.13 Å². The van der Waals surface area contributed by atoms with Crippen LogP contribution in [0.25, 0.3) is 0 Å². The molecule has 0 radical (unpaired) electrons. The normalized spacial score (nSPS) is 14.0. The third kappa shape index (κ3) is 80.7. The molecule has 0 aromatic rings. The summed E-state index contributed by atoms with van der Waals surface area (Å²) in [7, 11) is -9.93. The Kier molecular flexibility index (Phi) is 78.8. The highest BCUT2D eigenvalue weighted by atomic mass is 31.2. The minimum atomic E-state index is -4.97. The number of unbranched alkanes of at least 4 members (excludes halogenated alkanes) is 57. The van der Waals surface area contributed by atoms with Crippen LogP contribution in [0, 0.1) is 11.8 Å². The lowest BCUT2D eigenvalue weighted by Crippen LogP contribution is -2.30. The summed E-state index contributed by atoms with van der Waals surface area (Å²) in [6, 6.07) is 0. The monoisotopic (exact) mass is 1580 g/mol. The molecule has 0 bridgehead atoms. The minimum absolute atomic E-state index is 0.106. The second kappa shape index (κ2) is 80.3. The van der Waals surface area contributed by atoms with Crippen LogP contribution in [-0.2, 0) is 65.4 Å². The summed E-state index contributed by atoms with van der Waals surface area (Å²) in [4.78, 5) is 73.3. The summed E-state index contributed by atoms with van der Waals surface area (Å²) in [6.07, 6.45) is 73.8. The van der Waals surface area contributed by atoms with E-state index in [1.807, 2.05) is 0 Å². The zero-order valence-electron chi connectivity index (χ0n) is 71.2. The van der Waals surface area contributed by atoms with Crippen molar-refractivity contribution in [1.82, 2.24) is 0 Å². The van der Waals surface area contributed by atoms with Crippen molar-refractivity contribution in [1.29, 1.82) is 0 Å². The lowest BCUT2D eigenvalue weighted by atomic mass is 9.99. The molecule has 0 saturated heterocycles. The van der Waals surface area contributed by atoms with Gasteiger partial charge >= 0.3 is 39.5 Å². The molecule has 0 fully saturated rings. The Balaban J connectivity index is 5.22. The predicted molar refractivity (Wildman–Crippen MR) is 446 cm³/mol. The maximum absolute atomic E-state index is 13.2. The maximum atomic E-state index is 13.2. The van der Waals surface area contributed by atoms with Crippen molar-refractivity contribution in [3.05, 3.63) is 0 Å². The van der Waals surface area contributed by atoms with Gasteiger partial charge in [-0.3, -0.25) is 37.3 Å². The van der Waals surface area contributed by atoms with Crippen molar-refractivity contribution in [3.8, 4) is 0 Å². The number of rotatable bonds is 88. The summed E-state index contributed by atoms with van der Waals surface area (Å²) in [5, 5.41) is 10.7. The van der Waals surface area contributed by atoms with Crippen molar-refractivity contribution in [3.63, 3.8) is 0 Å². The summed E-state index contributed by atoms with van der Waals surface area (Å²) in [6.45, 7) is 9.67. The van der Waals surface area contributed by atoms with E-state index in [0.717, 1.165) is 102 Å². The molecule has 6 atom stereocenters. The third-order valence-corrected chi connectivity index (χ3v) is 23.2. The first kappa shape index (κ1) is 106. The van der Waals surface area contributed by atoms with Gasteiger partial charge in [-0.15, -0.1) is 0 Å². The molecule has 3 N–H and O–H groups in total. The molecule has 0 aromatic heterocycles. The van der Waals surface area contributed by atoms with Crippen LogP contribution in [0.5, 0.6) is 0 Å². The predicted octanol–water partition coefficient (Wildman–Crippen LogP) is 27.4. The van der Waals surface area contributed by atoms with Crippen LogP contribution in [0.4, 0.5) is 0 Å². The van der Waals surface area contributed by atoms with Crippen molar-refractivity contribution in [2.24, 2.45) is 11.8 Å². The van der Waals surface area contributed by atoms with E-state index in [-0.39, 0.29) is 25.7 Å². The van der Waals surface area contributed by atoms with Gasteiger partial charge in [0.25, 0.3) is 0 Å². The highest BCUT2D eigenvalue weighted by Gasteiger charge is 2.31. The standard InChI is InChI=1S/C89H174O17P2/c1-7-10-12-14-16-18-20-22-24-26-28-30-32-34-36-38-40-42-47-55-61-67-73-88(93)105-84(77-99-86(91)71-65-59-53-46-41-39-37-35-33-31-29-27-25-23-21-19-17-15-13-11-8-2)79-103-107(95,96)101-75-83(90)76-102-108(97,98)104-80-85(78-100-87(92)72-66-60-54-50-49-52-58-64-70-82(6)9-3)106-89(94)74-68-62-56-48-44-43-45-51-57-63-69-81(4)5/h81-85,90H,7-80H2,1-6H3,(H,95,96)(H,97,98)/t82?,83-,84-,85-/m1/s1. The maximum Gasteiger partial charge on any atom is 0.472 e. The molecule has 0 heterocycles. The molecule has 108 heavy (non-hydrogen) atoms. The molecule has 19 heteroatoms. The molecule has 17 nitrogen and oxygen atoms in total. The van der Waals surface area contributed by atoms with E-state index in [1.165, 1.54) is 295 Å². The van der Waals surface area contributed by atoms with Crippen LogP contribution >= 0.6 is 15.6 Å². The molecule has 0 amide bonds. The molecule has 0 rings (SSSR count). The summed E-state index contributed by atoms with van der Waals surface area (Å²) >= 11 is 0. The Labute approximate surface area is 664 Å². The fourth-order valence-electron chi connectivity index (χ4n) is 13.9. The first-order chi connectivity index (χ1) is 52.4. The lowest BCUT2D eigenvalue weighted by molar-refractivity contribution is -0.161. The van der Waals surface area contributed by atoms with Crippen molar-refractivity contribution in [2.75, 3.05) is 39.6 Å². The number of hydrogen-bond acceptors (Lipinski definition) is 15. The first-order valence-electron chi connectivity index (χ1n) is 46.0. The quantitative estimate of drug-likeness (QED) is 0.0222. The minimum Gasteiger partial charge on any atom is -0.462 e. The van der Waals surface area contributed by atoms with Gasteiger partial charge in [0.05, 0.1) is 26.4 Å². The number of phosphoric acid groups is 2. The van der Waals surface area contributed by atoms with Gasteiger partial charge in [0.1, 0.15) is 19.3 Å². The van der Waals surface area contributed by atoms with Crippen LogP contribution < -0.4 is 0 Å². The number of aliphatic hydroxyl groups is 1. The Hall–Kier alpha value is -1.94. The fraction of sp³-hybridized carbons (Fsp3) is 0.955. The SMILES string of the molecule is CCCCCCCCCCCCCCCCCCCCCCCCC(=O)O[C@H](COC(=O)CCCCCCCCCCCCCCCCCCCCCCC)COP(=O)(O)OC[C@@H](O)COP(=O)(O)OC[C@@H](COC(=O)CCCCCCCCCCC(C)CC)OC(=O)CCCCCCCCCCCCC(C)C. The van der Waals surface area contributed by atoms with Crippen molar-refractivity contribution >= 4 is 39.5 Å². The van der Waals surface area contributed by atoms with Crippen LogP contribution in [0.3, 0.4) is 0 Å². The number of hydrogen-bond donors (Lipinski definition) is 3. The number of aliphatic hydroxyl groups excluding tert-OH is 1. The number of carbonyl (C=O) groups is 4. The summed E-state index contributed by atoms with van der Waals surface area (Å²) in [5.41, 5.74) is 0. The van der Waals surface area contributed by atoms with E-state index in [2.05, 4.69) is 41.5 Å². The second-order valence-electron chi connectivity index (χ2n) is 32.7. The molecule has 0 aliphatic heterocycles. The van der Waals surface area contributed by atoms with Crippen LogP contribution in [0.1, 0.15) is 478 Å². The Morgan fingerprint density at radius 1 is 0.269 bits per heavy atom. The van der Waals surface area contributed by atoms with Gasteiger partial charge < -0.3 is 33.8 Å². The van der Waals surface area contributed by atoms with E-state index in [4.69, 9.17) is 37.0 Å².